The quantitative estimate of drug-likeness (QED) is 0.574. The van der Waals surface area contributed by atoms with Gasteiger partial charge >= 0.3 is 6.18 Å². The molecule has 10 heteroatoms. The summed E-state index contributed by atoms with van der Waals surface area (Å²) < 4.78 is 40.1. The Morgan fingerprint density at radius 1 is 1.21 bits per heavy atom. The Bertz CT molecular complexity index is 907. The molecule has 33 heavy (non-hydrogen) atoms. The lowest BCUT2D eigenvalue weighted by Gasteiger charge is -2.30. The van der Waals surface area contributed by atoms with Gasteiger partial charge in [0, 0.05) is 45.1 Å². The average molecular weight is 469 g/mol. The summed E-state index contributed by atoms with van der Waals surface area (Å²) in [5.41, 5.74) is 3.85. The number of hydrogen-bond donors (Lipinski definition) is 2. The van der Waals surface area contributed by atoms with E-state index in [1.165, 1.54) is 17.0 Å². The lowest BCUT2D eigenvalue weighted by atomic mass is 9.75. The Kier molecular flexibility index (Phi) is 7.48. The van der Waals surface area contributed by atoms with Crippen LogP contribution in [-0.4, -0.2) is 59.7 Å². The summed E-state index contributed by atoms with van der Waals surface area (Å²) in [6.07, 6.45) is -2.43. The summed E-state index contributed by atoms with van der Waals surface area (Å²) in [6, 6.07) is 4.73. The zero-order chi connectivity index (χ0) is 24.4. The van der Waals surface area contributed by atoms with Crippen LogP contribution in [0.5, 0.6) is 0 Å². The molecule has 2 saturated heterocycles. The van der Waals surface area contributed by atoms with E-state index in [0.29, 0.717) is 12.6 Å². The van der Waals surface area contributed by atoms with E-state index in [4.69, 9.17) is 0 Å². The Balaban J connectivity index is 1.85. The molecule has 7 nitrogen and oxygen atoms in total. The summed E-state index contributed by atoms with van der Waals surface area (Å²) >= 11 is 0. The third-order valence-electron chi connectivity index (χ3n) is 6.54. The first-order chi connectivity index (χ1) is 15.5. The monoisotopic (exact) mass is 468 g/mol. The fourth-order valence-electron chi connectivity index (χ4n) is 4.76. The van der Waals surface area contributed by atoms with Gasteiger partial charge in [-0.15, -0.1) is 0 Å². The second-order valence-corrected chi connectivity index (χ2v) is 8.94. The van der Waals surface area contributed by atoms with Crippen LogP contribution in [0, 0.1) is 0 Å². The second kappa shape index (κ2) is 9.80. The molecule has 1 aromatic rings. The van der Waals surface area contributed by atoms with E-state index in [1.54, 1.807) is 14.0 Å². The van der Waals surface area contributed by atoms with Crippen molar-refractivity contribution in [2.45, 2.75) is 69.6 Å². The Labute approximate surface area is 191 Å². The molecular formula is C23H31F3N4O3. The normalized spacial score (nSPS) is 25.7. The molecule has 0 spiro atoms. The topological polar surface area (TPSA) is 81.8 Å². The molecule has 3 amide bonds. The van der Waals surface area contributed by atoms with Crippen molar-refractivity contribution in [3.63, 3.8) is 0 Å². The molecule has 2 aliphatic rings. The molecule has 0 aromatic heterocycles. The predicted octanol–water partition coefficient (Wildman–Crippen LogP) is 2.61. The van der Waals surface area contributed by atoms with Gasteiger partial charge in [0.1, 0.15) is 0 Å². The number of benzene rings is 1. The summed E-state index contributed by atoms with van der Waals surface area (Å²) in [5, 5.41) is 0. The van der Waals surface area contributed by atoms with Gasteiger partial charge in [-0.25, -0.2) is 0 Å². The fraction of sp³-hybridized carbons (Fsp3) is 0.609. The van der Waals surface area contributed by atoms with E-state index < -0.39 is 34.9 Å². The molecule has 0 saturated carbocycles. The highest BCUT2D eigenvalue weighted by Gasteiger charge is 2.54. The molecule has 182 valence electrons. The summed E-state index contributed by atoms with van der Waals surface area (Å²) in [5.74, 6) is -1.51. The number of hydrogen-bond acceptors (Lipinski definition) is 5. The highest BCUT2D eigenvalue weighted by molar-refractivity contribution is 6.10. The van der Waals surface area contributed by atoms with Gasteiger partial charge < -0.3 is 4.90 Å². The summed E-state index contributed by atoms with van der Waals surface area (Å²) in [6.45, 7) is 4.19. The molecule has 3 atom stereocenters. The number of likely N-dealkylation sites (N-methyl/N-ethyl adjacent to an activating group) is 2. The third-order valence-corrected chi connectivity index (χ3v) is 6.54. The van der Waals surface area contributed by atoms with Crippen molar-refractivity contribution in [2.24, 2.45) is 0 Å². The molecule has 3 rings (SSSR count). The third kappa shape index (κ3) is 5.22. The van der Waals surface area contributed by atoms with Crippen LogP contribution in [0.4, 0.5) is 13.2 Å². The molecule has 0 radical (unpaired) electrons. The van der Waals surface area contributed by atoms with Crippen LogP contribution < -0.4 is 10.9 Å². The molecule has 2 fully saturated rings. The number of nitrogens with one attached hydrogen (secondary N) is 2. The highest BCUT2D eigenvalue weighted by Crippen LogP contribution is 2.42. The first kappa shape index (κ1) is 25.2. The number of carbonyl (C=O) groups excluding carboxylic acids is 3. The molecule has 0 aliphatic carbocycles. The maximum atomic E-state index is 13.4. The van der Waals surface area contributed by atoms with Gasteiger partial charge in [0.2, 0.25) is 17.7 Å². The number of imide groups is 1. The van der Waals surface area contributed by atoms with Gasteiger partial charge in [-0.1, -0.05) is 31.5 Å². The molecule has 2 heterocycles. The Hall–Kier alpha value is -2.46. The van der Waals surface area contributed by atoms with E-state index in [2.05, 4.69) is 17.8 Å². The van der Waals surface area contributed by atoms with Crippen LogP contribution in [0.3, 0.4) is 0 Å². The minimum absolute atomic E-state index is 0.0214. The lowest BCUT2D eigenvalue weighted by Crippen LogP contribution is -2.45. The van der Waals surface area contributed by atoms with Crippen molar-refractivity contribution in [3.8, 4) is 0 Å². The van der Waals surface area contributed by atoms with Crippen molar-refractivity contribution < 1.29 is 27.6 Å². The van der Waals surface area contributed by atoms with Crippen LogP contribution in [-0.2, 0) is 26.0 Å². The Morgan fingerprint density at radius 2 is 1.91 bits per heavy atom. The molecular weight excluding hydrogens is 437 g/mol. The smallest absolute Gasteiger partial charge is 0.344 e. The number of hydrazine groups is 1. The second-order valence-electron chi connectivity index (χ2n) is 8.94. The van der Waals surface area contributed by atoms with Crippen LogP contribution in [0.1, 0.15) is 57.1 Å². The van der Waals surface area contributed by atoms with Crippen molar-refractivity contribution in [2.75, 3.05) is 20.1 Å². The van der Waals surface area contributed by atoms with Crippen molar-refractivity contribution in [3.05, 3.63) is 35.4 Å². The van der Waals surface area contributed by atoms with Gasteiger partial charge in [0.05, 0.1) is 11.0 Å². The number of alkyl halides is 3. The van der Waals surface area contributed by atoms with Gasteiger partial charge in [-0.3, -0.25) is 30.1 Å². The molecule has 2 aliphatic heterocycles. The van der Waals surface area contributed by atoms with Crippen LogP contribution in [0.15, 0.2) is 24.3 Å². The van der Waals surface area contributed by atoms with Gasteiger partial charge in [0.25, 0.3) is 0 Å². The maximum absolute atomic E-state index is 13.4. The highest BCUT2D eigenvalue weighted by atomic mass is 19.4. The Morgan fingerprint density at radius 3 is 2.52 bits per heavy atom. The van der Waals surface area contributed by atoms with Gasteiger partial charge in [0.15, 0.2) is 0 Å². The number of nitrogens with zero attached hydrogens (tertiary/aromatic N) is 2. The van der Waals surface area contributed by atoms with Gasteiger partial charge in [-0.2, -0.15) is 13.2 Å². The minimum atomic E-state index is -4.61. The first-order valence-electron chi connectivity index (χ1n) is 11.3. The van der Waals surface area contributed by atoms with E-state index >= 15 is 0 Å². The number of carbonyl (C=O) groups is 3. The van der Waals surface area contributed by atoms with Crippen LogP contribution in [0.25, 0.3) is 0 Å². The van der Waals surface area contributed by atoms with Crippen molar-refractivity contribution >= 4 is 17.7 Å². The zero-order valence-corrected chi connectivity index (χ0v) is 19.2. The number of halogens is 3. The molecule has 3 unspecified atom stereocenters. The molecule has 1 aromatic carbocycles. The standard InChI is InChI=1S/C23H31F3N4O3/c1-4-7-17-11-18(28-27-17)14-29(3)19(31)12-22(13-20(32)30(5-2)21(22)33)15-8-6-9-16(10-15)23(24,25)26/h6,8-10,17-18,27-28H,4-5,7,11-14H2,1-3H3. The average Bonchev–Trinajstić information content (AvgIpc) is 3.29. The van der Waals surface area contributed by atoms with E-state index in [0.717, 1.165) is 36.3 Å². The number of likely N-dealkylation sites (tertiary alicyclic amines) is 1. The maximum Gasteiger partial charge on any atom is 0.416 e. The summed E-state index contributed by atoms with van der Waals surface area (Å²) in [4.78, 5) is 41.5. The zero-order valence-electron chi connectivity index (χ0n) is 19.2. The minimum Gasteiger partial charge on any atom is -0.344 e. The van der Waals surface area contributed by atoms with Crippen LogP contribution >= 0.6 is 0 Å². The van der Waals surface area contributed by atoms with E-state index in [-0.39, 0.29) is 31.0 Å². The largest absolute Gasteiger partial charge is 0.416 e. The van der Waals surface area contributed by atoms with E-state index in [1.807, 2.05) is 0 Å². The summed E-state index contributed by atoms with van der Waals surface area (Å²) in [7, 11) is 1.61. The predicted molar refractivity (Wildman–Crippen MR) is 116 cm³/mol. The molecule has 0 bridgehead atoms. The number of rotatable bonds is 8. The first-order valence-corrected chi connectivity index (χ1v) is 11.3. The van der Waals surface area contributed by atoms with Gasteiger partial charge in [-0.05, 0) is 31.4 Å². The number of amides is 3. The van der Waals surface area contributed by atoms with Crippen molar-refractivity contribution in [1.82, 2.24) is 20.7 Å². The fourth-order valence-corrected chi connectivity index (χ4v) is 4.76. The van der Waals surface area contributed by atoms with Crippen molar-refractivity contribution in [1.29, 1.82) is 0 Å². The molecule has 2 N–H and O–H groups in total. The van der Waals surface area contributed by atoms with Crippen LogP contribution in [0.2, 0.25) is 0 Å². The lowest BCUT2D eigenvalue weighted by molar-refractivity contribution is -0.142. The SMILES string of the molecule is CCCC1CC(CN(C)C(=O)CC2(c3cccc(C(F)(F)F)c3)CC(=O)N(CC)C2=O)NN1. The van der Waals surface area contributed by atoms with E-state index in [9.17, 15) is 27.6 Å².